The van der Waals surface area contributed by atoms with Gasteiger partial charge in [-0.1, -0.05) is 208 Å². The molecule has 0 heterocycles. The van der Waals surface area contributed by atoms with Crippen molar-refractivity contribution in [2.45, 2.75) is 30.1 Å². The molecule has 0 N–H and O–H groups in total. The van der Waals surface area contributed by atoms with Crippen LogP contribution in [0.15, 0.2) is 224 Å². The molecule has 0 saturated heterocycles. The van der Waals surface area contributed by atoms with Gasteiger partial charge in [-0.3, -0.25) is 0 Å². The van der Waals surface area contributed by atoms with E-state index in [2.05, 4.69) is 243 Å². The van der Waals surface area contributed by atoms with Gasteiger partial charge in [-0.2, -0.15) is 0 Å². The third kappa shape index (κ3) is 4.19. The predicted octanol–water partition coefficient (Wildman–Crippen LogP) is 16.1. The minimum Gasteiger partial charge on any atom is -0.310 e. The van der Waals surface area contributed by atoms with Gasteiger partial charge in [0.05, 0.1) is 16.5 Å². The summed E-state index contributed by atoms with van der Waals surface area (Å²) in [4.78, 5) is 2.59. The maximum Gasteiger partial charge on any atom is 0.0726 e. The Labute approximate surface area is 386 Å². The summed E-state index contributed by atoms with van der Waals surface area (Å²) >= 11 is 0. The molecular formula is C65H43N. The van der Waals surface area contributed by atoms with Gasteiger partial charge >= 0.3 is 0 Å². The van der Waals surface area contributed by atoms with Crippen LogP contribution in [0, 0.1) is 0 Å². The lowest BCUT2D eigenvalue weighted by atomic mass is 9.70. The minimum atomic E-state index is -0.458. The summed E-state index contributed by atoms with van der Waals surface area (Å²) in [6.07, 6.45) is 0. The van der Waals surface area contributed by atoms with Crippen LogP contribution in [0.25, 0.3) is 55.6 Å². The van der Waals surface area contributed by atoms with E-state index in [1.165, 1.54) is 117 Å². The predicted molar refractivity (Wildman–Crippen MR) is 271 cm³/mol. The highest BCUT2D eigenvalue weighted by molar-refractivity contribution is 6.01. The Morgan fingerprint density at radius 2 is 0.606 bits per heavy atom. The van der Waals surface area contributed by atoms with E-state index in [0.29, 0.717) is 0 Å². The fraction of sp³-hybridized carbons (Fsp3) is 0.0769. The molecule has 5 aliphatic rings. The third-order valence-corrected chi connectivity index (χ3v) is 16.3. The van der Waals surface area contributed by atoms with Gasteiger partial charge in [-0.15, -0.1) is 0 Å². The molecule has 0 aromatic heterocycles. The van der Waals surface area contributed by atoms with E-state index < -0.39 is 10.8 Å². The fourth-order valence-electron chi connectivity index (χ4n) is 13.8. The number of nitrogens with zero attached hydrogens (tertiary/aromatic N) is 1. The molecule has 0 saturated carbocycles. The van der Waals surface area contributed by atoms with Crippen molar-refractivity contribution in [3.8, 4) is 55.6 Å². The van der Waals surface area contributed by atoms with Crippen LogP contribution >= 0.6 is 0 Å². The Balaban J connectivity index is 1.03. The number of rotatable bonds is 3. The van der Waals surface area contributed by atoms with Gasteiger partial charge < -0.3 is 4.90 Å². The van der Waals surface area contributed by atoms with Crippen LogP contribution in [0.2, 0.25) is 0 Å². The standard InChI is InChI=1S/C65H43N/c1-63(2)51-25-10-9-24-49(51)62-59(63)32-17-33-61(62)66(40-35-37-58-50(38-40)47-23-8-16-31-57(47)64(58)52-26-11-3-18-42(52)43-19-4-12-27-53(43)64)41-34-36-48-46-22-7-15-30-56(46)65(60(48)39-41)54-28-13-5-20-44(54)45-21-6-14-29-55(45)65/h3-39H,1-2H3. The van der Waals surface area contributed by atoms with E-state index in [1.807, 2.05) is 0 Å². The minimum absolute atomic E-state index is 0.152. The topological polar surface area (TPSA) is 3.24 Å². The highest BCUT2D eigenvalue weighted by Gasteiger charge is 2.53. The van der Waals surface area contributed by atoms with Gasteiger partial charge in [0.15, 0.2) is 0 Å². The SMILES string of the molecule is CC1(C)c2ccccc2-c2c(N(c3ccc4c(c3)-c3ccccc3C43c4ccccc4-c4ccccc43)c3ccc4c(c3)C3(c5ccccc5-c5ccccc53)c3ccccc3-4)cccc21. The molecule has 0 unspecified atom stereocenters. The summed E-state index contributed by atoms with van der Waals surface area (Å²) in [5.41, 5.74) is 29.1. The molecule has 308 valence electrons. The number of hydrogen-bond acceptors (Lipinski definition) is 1. The quantitative estimate of drug-likeness (QED) is 0.171. The highest BCUT2D eigenvalue weighted by atomic mass is 15.1. The molecule has 1 nitrogen and oxygen atoms in total. The average molecular weight is 838 g/mol. The first-order valence-electron chi connectivity index (χ1n) is 23.4. The Morgan fingerprint density at radius 3 is 1.11 bits per heavy atom. The van der Waals surface area contributed by atoms with Crippen LogP contribution in [-0.4, -0.2) is 0 Å². The second kappa shape index (κ2) is 12.6. The van der Waals surface area contributed by atoms with Gasteiger partial charge in [0.1, 0.15) is 0 Å². The Kier molecular flexibility index (Phi) is 6.95. The summed E-state index contributed by atoms with van der Waals surface area (Å²) in [5.74, 6) is 0. The van der Waals surface area contributed by atoms with Crippen LogP contribution in [0.3, 0.4) is 0 Å². The molecule has 1 heteroatoms. The van der Waals surface area contributed by atoms with Crippen molar-refractivity contribution in [2.75, 3.05) is 4.90 Å². The first-order chi connectivity index (χ1) is 32.5. The second-order valence-corrected chi connectivity index (χ2v) is 19.4. The first-order valence-corrected chi connectivity index (χ1v) is 23.4. The largest absolute Gasteiger partial charge is 0.310 e. The molecule has 0 aliphatic heterocycles. The van der Waals surface area contributed by atoms with Gasteiger partial charge in [-0.25, -0.2) is 0 Å². The van der Waals surface area contributed by atoms with E-state index in [1.54, 1.807) is 0 Å². The zero-order valence-electron chi connectivity index (χ0n) is 36.8. The fourth-order valence-corrected chi connectivity index (χ4v) is 13.8. The Morgan fingerprint density at radius 1 is 0.258 bits per heavy atom. The van der Waals surface area contributed by atoms with Gasteiger partial charge in [0.2, 0.25) is 0 Å². The van der Waals surface area contributed by atoms with Gasteiger partial charge in [0.25, 0.3) is 0 Å². The first kappa shape index (κ1) is 36.4. The Bertz CT molecular complexity index is 3660. The maximum atomic E-state index is 2.59. The van der Waals surface area contributed by atoms with E-state index in [0.717, 1.165) is 11.4 Å². The molecule has 66 heavy (non-hydrogen) atoms. The number of anilines is 3. The summed E-state index contributed by atoms with van der Waals surface area (Å²) < 4.78 is 0. The van der Waals surface area contributed by atoms with Gasteiger partial charge in [0, 0.05) is 22.4 Å². The summed E-state index contributed by atoms with van der Waals surface area (Å²) in [5, 5.41) is 0. The van der Waals surface area contributed by atoms with Crippen LogP contribution < -0.4 is 4.90 Å². The number of benzene rings is 10. The molecule has 0 radical (unpaired) electrons. The van der Waals surface area contributed by atoms with Crippen molar-refractivity contribution in [1.29, 1.82) is 0 Å². The molecule has 2 spiro atoms. The van der Waals surface area contributed by atoms with E-state index in [-0.39, 0.29) is 5.41 Å². The average Bonchev–Trinajstić information content (AvgIpc) is 4.10. The smallest absolute Gasteiger partial charge is 0.0726 e. The summed E-state index contributed by atoms with van der Waals surface area (Å²) in [6, 6.07) is 85.6. The lowest BCUT2D eigenvalue weighted by Crippen LogP contribution is -2.26. The molecule has 10 aromatic carbocycles. The van der Waals surface area contributed by atoms with Crippen molar-refractivity contribution in [2.24, 2.45) is 0 Å². The normalized spacial score (nSPS) is 15.5. The lowest BCUT2D eigenvalue weighted by molar-refractivity contribution is 0.660. The van der Waals surface area contributed by atoms with Crippen molar-refractivity contribution in [3.63, 3.8) is 0 Å². The summed E-state index contributed by atoms with van der Waals surface area (Å²) in [7, 11) is 0. The second-order valence-electron chi connectivity index (χ2n) is 19.4. The van der Waals surface area contributed by atoms with Crippen LogP contribution in [-0.2, 0) is 16.2 Å². The van der Waals surface area contributed by atoms with Crippen molar-refractivity contribution >= 4 is 17.1 Å². The van der Waals surface area contributed by atoms with E-state index in [4.69, 9.17) is 0 Å². The molecule has 0 atom stereocenters. The molecule has 15 rings (SSSR count). The Hall–Kier alpha value is -8.00. The zero-order valence-corrected chi connectivity index (χ0v) is 36.8. The molecule has 0 bridgehead atoms. The van der Waals surface area contributed by atoms with E-state index >= 15 is 0 Å². The van der Waals surface area contributed by atoms with Crippen LogP contribution in [0.4, 0.5) is 17.1 Å². The highest BCUT2D eigenvalue weighted by Crippen LogP contribution is 2.66. The van der Waals surface area contributed by atoms with Crippen LogP contribution in [0.1, 0.15) is 69.5 Å². The van der Waals surface area contributed by atoms with E-state index in [9.17, 15) is 0 Å². The van der Waals surface area contributed by atoms with Crippen LogP contribution in [0.5, 0.6) is 0 Å². The molecule has 10 aromatic rings. The van der Waals surface area contributed by atoms with Crippen molar-refractivity contribution in [1.82, 2.24) is 0 Å². The molecule has 0 fully saturated rings. The third-order valence-electron chi connectivity index (χ3n) is 16.3. The number of fused-ring (bicyclic) bond motifs is 23. The maximum absolute atomic E-state index is 2.59. The lowest BCUT2D eigenvalue weighted by Gasteiger charge is -2.33. The van der Waals surface area contributed by atoms with Crippen molar-refractivity contribution < 1.29 is 0 Å². The van der Waals surface area contributed by atoms with Gasteiger partial charge in [-0.05, 0) is 136 Å². The molecular weight excluding hydrogens is 795 g/mol. The summed E-state index contributed by atoms with van der Waals surface area (Å²) in [6.45, 7) is 4.78. The van der Waals surface area contributed by atoms with Crippen molar-refractivity contribution in [3.05, 3.63) is 280 Å². The molecule has 0 amide bonds. The molecule has 5 aliphatic carbocycles. The number of hydrogen-bond donors (Lipinski definition) is 0. The zero-order chi connectivity index (χ0) is 43.5. The monoisotopic (exact) mass is 837 g/mol.